The Hall–Kier alpha value is 1.33. The van der Waals surface area contributed by atoms with Gasteiger partial charge in [0.25, 0.3) is 0 Å². The third-order valence-electron chi connectivity index (χ3n) is 0. The first kappa shape index (κ1) is 23.9. The second-order valence-electron chi connectivity index (χ2n) is 0.283. The molecular formula is H9CaO5P. The first-order valence-corrected chi connectivity index (χ1v) is 1.95. The van der Waals surface area contributed by atoms with Crippen molar-refractivity contribution in [3.63, 3.8) is 0 Å². The Morgan fingerprint density at radius 2 is 1.14 bits per heavy atom. The van der Waals surface area contributed by atoms with Crippen molar-refractivity contribution in [3.05, 3.63) is 0 Å². The van der Waals surface area contributed by atoms with Crippen LogP contribution >= 0.6 is 8.25 Å². The summed E-state index contributed by atoms with van der Waals surface area (Å²) in [5.74, 6) is 0. The minimum absolute atomic E-state index is 0. The molecule has 0 aromatic heterocycles. The number of hydrogen-bond acceptors (Lipinski definition) is 1. The van der Waals surface area contributed by atoms with Crippen LogP contribution in [0.2, 0.25) is 0 Å². The number of hydrogen-bond donors (Lipinski definition) is 2. The van der Waals surface area contributed by atoms with Crippen LogP contribution in [-0.4, -0.2) is 58.5 Å². The van der Waals surface area contributed by atoms with Gasteiger partial charge in [0.1, 0.15) is 0 Å². The summed E-state index contributed by atoms with van der Waals surface area (Å²) in [5, 5.41) is 0. The Labute approximate surface area is 70.9 Å². The molecule has 0 fully saturated rings. The molecule has 0 radical (unpaired) electrons. The standard InChI is InChI=1S/Ca.H3O3P.2H2O.2H/c;1-4(2)3;;;;/h;4H,(H2,1,2,3);2*1H2;;. The van der Waals surface area contributed by atoms with Gasteiger partial charge in [-0.05, 0) is 0 Å². The quantitative estimate of drug-likeness (QED) is 0.286. The molecule has 0 amide bonds. The van der Waals surface area contributed by atoms with E-state index in [0.717, 1.165) is 0 Å². The third-order valence-corrected chi connectivity index (χ3v) is 0. The van der Waals surface area contributed by atoms with Crippen LogP contribution in [0.1, 0.15) is 0 Å². The molecular weight excluding hydrogens is 151 g/mol. The third kappa shape index (κ3) is 118. The predicted octanol–water partition coefficient (Wildman–Crippen LogP) is -3.20. The molecule has 0 aromatic rings. The van der Waals surface area contributed by atoms with Crippen molar-refractivity contribution in [2.45, 2.75) is 0 Å². The molecule has 0 aliphatic heterocycles. The van der Waals surface area contributed by atoms with Crippen molar-refractivity contribution in [1.29, 1.82) is 0 Å². The average molecular weight is 160 g/mol. The van der Waals surface area contributed by atoms with E-state index in [0.29, 0.717) is 0 Å². The van der Waals surface area contributed by atoms with Crippen molar-refractivity contribution in [3.8, 4) is 0 Å². The zero-order valence-corrected chi connectivity index (χ0v) is 3.80. The van der Waals surface area contributed by atoms with Gasteiger partial charge in [-0.3, -0.25) is 4.57 Å². The van der Waals surface area contributed by atoms with Gasteiger partial charge in [0.2, 0.25) is 0 Å². The zero-order valence-electron chi connectivity index (χ0n) is 2.80. The molecule has 6 N–H and O–H groups in total. The predicted molar refractivity (Wildman–Crippen MR) is 29.2 cm³/mol. The molecule has 0 rings (SSSR count). The van der Waals surface area contributed by atoms with Gasteiger partial charge < -0.3 is 20.7 Å². The van der Waals surface area contributed by atoms with Crippen molar-refractivity contribution < 1.29 is 25.3 Å². The second-order valence-corrected chi connectivity index (χ2v) is 0.848. The average Bonchev–Trinajstić information content (AvgIpc) is 0.811. The molecule has 0 spiro atoms. The van der Waals surface area contributed by atoms with E-state index < -0.39 is 8.25 Å². The SMILES string of the molecule is O.O.O=[PH](O)O.[CaH2]. The van der Waals surface area contributed by atoms with Crippen molar-refractivity contribution in [2.24, 2.45) is 0 Å². The van der Waals surface area contributed by atoms with Gasteiger partial charge in [-0.15, -0.1) is 0 Å². The first-order chi connectivity index (χ1) is 1.73. The van der Waals surface area contributed by atoms with E-state index in [9.17, 15) is 0 Å². The first-order valence-electron chi connectivity index (χ1n) is 0.651. The molecule has 0 aliphatic carbocycles. The molecule has 0 bridgehead atoms. The van der Waals surface area contributed by atoms with Gasteiger partial charge in [-0.25, -0.2) is 0 Å². The van der Waals surface area contributed by atoms with Crippen LogP contribution in [0.15, 0.2) is 0 Å². The van der Waals surface area contributed by atoms with Crippen LogP contribution in [0.4, 0.5) is 0 Å². The van der Waals surface area contributed by atoms with Gasteiger partial charge >= 0.3 is 46.0 Å². The fourth-order valence-corrected chi connectivity index (χ4v) is 0. The number of rotatable bonds is 0. The van der Waals surface area contributed by atoms with E-state index >= 15 is 0 Å². The van der Waals surface area contributed by atoms with Crippen LogP contribution in [-0.2, 0) is 4.57 Å². The van der Waals surface area contributed by atoms with Gasteiger partial charge in [0.15, 0.2) is 0 Å². The Balaban J connectivity index is -0.0000000150. The van der Waals surface area contributed by atoms with Gasteiger partial charge in [0, 0.05) is 0 Å². The zero-order chi connectivity index (χ0) is 3.58. The van der Waals surface area contributed by atoms with Crippen LogP contribution in [0.3, 0.4) is 0 Å². The Bertz CT molecular complexity index is 31.1. The van der Waals surface area contributed by atoms with E-state index in [1.807, 2.05) is 0 Å². The van der Waals surface area contributed by atoms with Crippen molar-refractivity contribution in [1.82, 2.24) is 0 Å². The summed E-state index contributed by atoms with van der Waals surface area (Å²) in [6.07, 6.45) is 0. The van der Waals surface area contributed by atoms with Crippen LogP contribution < -0.4 is 0 Å². The molecule has 46 valence electrons. The Morgan fingerprint density at radius 3 is 1.14 bits per heavy atom. The maximum absolute atomic E-state index is 8.74. The summed E-state index contributed by atoms with van der Waals surface area (Å²) >= 11 is 0. The summed E-state index contributed by atoms with van der Waals surface area (Å²) in [6, 6.07) is 0. The molecule has 0 aromatic carbocycles. The van der Waals surface area contributed by atoms with E-state index in [2.05, 4.69) is 0 Å². The summed E-state index contributed by atoms with van der Waals surface area (Å²) in [6.45, 7) is 0. The molecule has 7 heteroatoms. The molecule has 0 unspecified atom stereocenters. The molecule has 0 heterocycles. The summed E-state index contributed by atoms with van der Waals surface area (Å²) < 4.78 is 8.74. The Morgan fingerprint density at radius 1 is 1.14 bits per heavy atom. The minimum atomic E-state index is -3.13. The monoisotopic (exact) mass is 160 g/mol. The van der Waals surface area contributed by atoms with Crippen molar-refractivity contribution in [2.75, 3.05) is 0 Å². The molecule has 0 atom stereocenters. The normalized spacial score (nSPS) is 5.00. The molecule has 5 nitrogen and oxygen atoms in total. The van der Waals surface area contributed by atoms with Crippen LogP contribution in [0.5, 0.6) is 0 Å². The molecule has 0 saturated heterocycles. The Kier molecular flexibility index (Phi) is 53.4. The fourth-order valence-electron chi connectivity index (χ4n) is 0. The molecule has 0 saturated carbocycles. The fraction of sp³-hybridized carbons (Fsp3) is 0. The van der Waals surface area contributed by atoms with Gasteiger partial charge in [-0.2, -0.15) is 0 Å². The maximum atomic E-state index is 8.74. The van der Waals surface area contributed by atoms with E-state index in [1.165, 1.54) is 0 Å². The van der Waals surface area contributed by atoms with Crippen molar-refractivity contribution >= 4 is 46.0 Å². The van der Waals surface area contributed by atoms with E-state index in [4.69, 9.17) is 14.4 Å². The van der Waals surface area contributed by atoms with Gasteiger partial charge in [-0.1, -0.05) is 0 Å². The summed E-state index contributed by atoms with van der Waals surface area (Å²) in [7, 11) is -3.13. The molecule has 7 heavy (non-hydrogen) atoms. The van der Waals surface area contributed by atoms with Gasteiger partial charge in [0.05, 0.1) is 0 Å². The second kappa shape index (κ2) is 15.7. The van der Waals surface area contributed by atoms with E-state index in [-0.39, 0.29) is 48.7 Å². The van der Waals surface area contributed by atoms with E-state index in [1.54, 1.807) is 0 Å². The molecule has 0 aliphatic rings. The topological polar surface area (TPSA) is 121 Å². The summed E-state index contributed by atoms with van der Waals surface area (Å²) in [5.41, 5.74) is 0. The van der Waals surface area contributed by atoms with Crippen LogP contribution in [0, 0.1) is 0 Å². The van der Waals surface area contributed by atoms with Crippen LogP contribution in [0.25, 0.3) is 0 Å². The summed E-state index contributed by atoms with van der Waals surface area (Å²) in [4.78, 5) is 14.3.